The monoisotopic (exact) mass is 732 g/mol. The van der Waals surface area contributed by atoms with E-state index in [2.05, 4.69) is 89.0 Å². The van der Waals surface area contributed by atoms with Crippen molar-refractivity contribution in [1.82, 2.24) is 9.97 Å². The summed E-state index contributed by atoms with van der Waals surface area (Å²) in [5.74, 6) is 0.518. The van der Waals surface area contributed by atoms with Gasteiger partial charge in [-0.05, 0) is 72.7 Å². The molecule has 0 atom stereocenters. The summed E-state index contributed by atoms with van der Waals surface area (Å²) in [6.07, 6.45) is 1.81. The smallest absolute Gasteiger partial charge is 0.230 e. The Hall–Kier alpha value is -4.01. The standard InChI is InChI=1S/C37H33N2O2.Pt/c1-22-15-23(2)34(24(3)16-22)27-18-25(17-26(19-27)31-12-9-10-14-38-31)30-20-28(37(4,5)6)21-33-35(30)39-36(41-33)29-11-7-8-13-32(29)40;/h7-16,18-21,40H,1-6H3;/q-1;. The zero-order valence-corrected chi connectivity index (χ0v) is 26.9. The summed E-state index contributed by atoms with van der Waals surface area (Å²) in [5.41, 5.74) is 12.6. The van der Waals surface area contributed by atoms with Gasteiger partial charge in [0.05, 0.1) is 11.1 Å². The number of phenolic OH excluding ortho intramolecular Hbond substituents is 1. The fourth-order valence-corrected chi connectivity index (χ4v) is 5.59. The van der Waals surface area contributed by atoms with Crippen molar-refractivity contribution < 1.29 is 30.6 Å². The Morgan fingerprint density at radius 2 is 1.48 bits per heavy atom. The van der Waals surface area contributed by atoms with E-state index in [4.69, 9.17) is 9.40 Å². The van der Waals surface area contributed by atoms with Gasteiger partial charge in [0.2, 0.25) is 5.89 Å². The molecule has 4 nitrogen and oxygen atoms in total. The van der Waals surface area contributed by atoms with E-state index in [1.807, 2.05) is 36.5 Å². The predicted octanol–water partition coefficient (Wildman–Crippen LogP) is 9.62. The molecule has 0 unspecified atom stereocenters. The van der Waals surface area contributed by atoms with Gasteiger partial charge in [-0.25, -0.2) is 4.98 Å². The Labute approximate surface area is 261 Å². The number of hydrogen-bond acceptors (Lipinski definition) is 4. The molecule has 0 fully saturated rings. The van der Waals surface area contributed by atoms with Crippen LogP contribution in [0.3, 0.4) is 0 Å². The van der Waals surface area contributed by atoms with Crippen LogP contribution in [0.25, 0.3) is 56.1 Å². The Kier molecular flexibility index (Phi) is 7.96. The van der Waals surface area contributed by atoms with Gasteiger partial charge in [-0.2, -0.15) is 0 Å². The zero-order chi connectivity index (χ0) is 28.9. The van der Waals surface area contributed by atoms with E-state index < -0.39 is 0 Å². The van der Waals surface area contributed by atoms with Crippen molar-refractivity contribution in [2.75, 3.05) is 0 Å². The van der Waals surface area contributed by atoms with Crippen molar-refractivity contribution in [2.45, 2.75) is 47.0 Å². The van der Waals surface area contributed by atoms with Crippen LogP contribution in [0.1, 0.15) is 43.0 Å². The second-order valence-corrected chi connectivity index (χ2v) is 11.8. The number of nitrogens with zero attached hydrogens (tertiary/aromatic N) is 2. The number of phenols is 1. The minimum Gasteiger partial charge on any atom is -0.507 e. The summed E-state index contributed by atoms with van der Waals surface area (Å²) in [7, 11) is 0. The van der Waals surface area contributed by atoms with Crippen molar-refractivity contribution in [3.8, 4) is 50.7 Å². The summed E-state index contributed by atoms with van der Waals surface area (Å²) >= 11 is 0. The van der Waals surface area contributed by atoms with Crippen LogP contribution in [-0.4, -0.2) is 15.1 Å². The van der Waals surface area contributed by atoms with Crippen LogP contribution in [-0.2, 0) is 26.5 Å². The molecule has 4 aromatic carbocycles. The summed E-state index contributed by atoms with van der Waals surface area (Å²) < 4.78 is 6.32. The second-order valence-electron chi connectivity index (χ2n) is 11.8. The number of rotatable bonds is 4. The molecule has 5 heteroatoms. The molecular formula is C37H33N2O2Pt-. The van der Waals surface area contributed by atoms with Gasteiger partial charge in [0, 0.05) is 33.0 Å². The van der Waals surface area contributed by atoms with Gasteiger partial charge in [0.25, 0.3) is 0 Å². The van der Waals surface area contributed by atoms with Crippen molar-refractivity contribution >= 4 is 11.1 Å². The van der Waals surface area contributed by atoms with Crippen molar-refractivity contribution in [3.05, 3.63) is 113 Å². The van der Waals surface area contributed by atoms with Crippen molar-refractivity contribution in [3.63, 3.8) is 0 Å². The maximum absolute atomic E-state index is 10.5. The van der Waals surface area contributed by atoms with Gasteiger partial charge in [-0.3, -0.25) is 4.98 Å². The third kappa shape index (κ3) is 5.56. The number of aromatic hydroxyl groups is 1. The van der Waals surface area contributed by atoms with Crippen LogP contribution in [0.15, 0.2) is 89.5 Å². The number of hydrogen-bond donors (Lipinski definition) is 1. The predicted molar refractivity (Wildman–Crippen MR) is 167 cm³/mol. The molecule has 42 heavy (non-hydrogen) atoms. The number of para-hydroxylation sites is 1. The first-order valence-corrected chi connectivity index (χ1v) is 13.9. The van der Waals surface area contributed by atoms with Gasteiger partial charge in [0.15, 0.2) is 0 Å². The molecule has 0 amide bonds. The van der Waals surface area contributed by atoms with E-state index in [1.165, 1.54) is 22.3 Å². The van der Waals surface area contributed by atoms with Gasteiger partial charge in [-0.15, -0.1) is 23.8 Å². The maximum Gasteiger partial charge on any atom is 0.230 e. The number of aromatic nitrogens is 2. The first-order chi connectivity index (χ1) is 19.6. The number of benzene rings is 4. The molecule has 0 bridgehead atoms. The molecule has 0 aliphatic rings. The fraction of sp³-hybridized carbons (Fsp3) is 0.189. The number of pyridine rings is 1. The molecule has 214 valence electrons. The van der Waals surface area contributed by atoms with Crippen LogP contribution in [0.4, 0.5) is 0 Å². The molecule has 6 aromatic rings. The first-order valence-electron chi connectivity index (χ1n) is 13.9. The molecule has 0 saturated carbocycles. The molecular weight excluding hydrogens is 699 g/mol. The van der Waals surface area contributed by atoms with E-state index >= 15 is 0 Å². The van der Waals surface area contributed by atoms with Gasteiger partial charge in [-0.1, -0.05) is 85.5 Å². The van der Waals surface area contributed by atoms with Crippen LogP contribution in [0.5, 0.6) is 5.75 Å². The molecule has 0 aliphatic heterocycles. The summed E-state index contributed by atoms with van der Waals surface area (Å²) in [5, 5.41) is 10.5. The number of oxazole rings is 1. The number of fused-ring (bicyclic) bond motifs is 1. The minimum absolute atomic E-state index is 0. The SMILES string of the molecule is Cc1cc(C)c(-c2cc(-c3ccccn3)[c-]c(-c3cc(C(C)(C)C)cc4oc(-c5ccccc5O)nc34)c2)c(C)c1.[Pt]. The average Bonchev–Trinajstić information content (AvgIpc) is 3.36. The van der Waals surface area contributed by atoms with Crippen LogP contribution >= 0.6 is 0 Å². The van der Waals surface area contributed by atoms with Gasteiger partial charge >= 0.3 is 0 Å². The van der Waals surface area contributed by atoms with Gasteiger partial charge < -0.3 is 9.52 Å². The van der Waals surface area contributed by atoms with E-state index in [0.29, 0.717) is 17.0 Å². The quantitative estimate of drug-likeness (QED) is 0.184. The average molecular weight is 733 g/mol. The number of aryl methyl sites for hydroxylation is 3. The van der Waals surface area contributed by atoms with E-state index in [9.17, 15) is 5.11 Å². The molecule has 2 heterocycles. The normalized spacial score (nSPS) is 11.5. The summed E-state index contributed by atoms with van der Waals surface area (Å²) in [6, 6.07) is 29.8. The molecule has 1 N–H and O–H groups in total. The van der Waals surface area contributed by atoms with Crippen LogP contribution in [0.2, 0.25) is 0 Å². The fourth-order valence-electron chi connectivity index (χ4n) is 5.59. The Morgan fingerprint density at radius 1 is 0.786 bits per heavy atom. The second kappa shape index (κ2) is 11.3. The molecule has 0 radical (unpaired) electrons. The third-order valence-corrected chi connectivity index (χ3v) is 7.56. The molecule has 2 aromatic heterocycles. The summed E-state index contributed by atoms with van der Waals surface area (Å²) in [4.78, 5) is 9.59. The first kappa shape index (κ1) is 29.5. The largest absolute Gasteiger partial charge is 0.507 e. The molecule has 0 aliphatic carbocycles. The Bertz CT molecular complexity index is 1890. The van der Waals surface area contributed by atoms with E-state index in [0.717, 1.165) is 39.0 Å². The summed E-state index contributed by atoms with van der Waals surface area (Å²) in [6.45, 7) is 13.0. The zero-order valence-electron chi connectivity index (χ0n) is 24.6. The maximum atomic E-state index is 10.5. The molecule has 0 saturated heterocycles. The third-order valence-electron chi connectivity index (χ3n) is 7.56. The topological polar surface area (TPSA) is 59.2 Å². The van der Waals surface area contributed by atoms with E-state index in [-0.39, 0.29) is 32.2 Å². The molecule has 0 spiro atoms. The molecule has 6 rings (SSSR count). The van der Waals surface area contributed by atoms with Crippen molar-refractivity contribution in [1.29, 1.82) is 0 Å². The minimum atomic E-state index is -0.129. The Balaban J connectivity index is 0.00000353. The van der Waals surface area contributed by atoms with Crippen LogP contribution in [0, 0.1) is 26.8 Å². The van der Waals surface area contributed by atoms with E-state index in [1.54, 1.807) is 12.1 Å². The van der Waals surface area contributed by atoms with Crippen molar-refractivity contribution in [2.24, 2.45) is 0 Å². The van der Waals surface area contributed by atoms with Gasteiger partial charge in [0.1, 0.15) is 11.3 Å². The van der Waals surface area contributed by atoms with Crippen LogP contribution < -0.4 is 0 Å². The Morgan fingerprint density at radius 3 is 2.14 bits per heavy atom.